The summed E-state index contributed by atoms with van der Waals surface area (Å²) in [7, 11) is 0. The van der Waals surface area contributed by atoms with E-state index in [0.717, 1.165) is 19.3 Å². The maximum Gasteiger partial charge on any atom is 0.224 e. The van der Waals surface area contributed by atoms with E-state index in [1.54, 1.807) is 0 Å². The van der Waals surface area contributed by atoms with Crippen molar-refractivity contribution in [2.75, 3.05) is 0 Å². The zero-order valence-electron chi connectivity index (χ0n) is 8.81. The van der Waals surface area contributed by atoms with Gasteiger partial charge in [-0.2, -0.15) is 0 Å². The van der Waals surface area contributed by atoms with Crippen LogP contribution >= 0.6 is 11.6 Å². The molecule has 0 radical (unpaired) electrons. The van der Waals surface area contributed by atoms with Crippen molar-refractivity contribution in [3.8, 4) is 0 Å². The first kappa shape index (κ1) is 13.0. The van der Waals surface area contributed by atoms with Crippen LogP contribution in [-0.2, 0) is 4.79 Å². The average Bonchev–Trinajstić information content (AvgIpc) is 2.10. The minimum absolute atomic E-state index is 0.100. The zero-order valence-corrected chi connectivity index (χ0v) is 9.57. The second-order valence-electron chi connectivity index (χ2n) is 3.61. The highest BCUT2D eigenvalue weighted by Crippen LogP contribution is 2.16. The first-order valence-corrected chi connectivity index (χ1v) is 5.79. The first-order valence-electron chi connectivity index (χ1n) is 5.41. The summed E-state index contributed by atoms with van der Waals surface area (Å²) in [6.45, 7) is 4.23. The van der Waals surface area contributed by atoms with Crippen molar-refractivity contribution in [2.45, 2.75) is 58.8 Å². The third-order valence-corrected chi connectivity index (χ3v) is 2.78. The van der Waals surface area contributed by atoms with Gasteiger partial charge in [-0.05, 0) is 24.4 Å². The van der Waals surface area contributed by atoms with E-state index >= 15 is 0 Å². The number of unbranched alkanes of at least 4 members (excludes halogenated alkanes) is 4. The van der Waals surface area contributed by atoms with Gasteiger partial charge in [-0.1, -0.05) is 46.0 Å². The summed E-state index contributed by atoms with van der Waals surface area (Å²) < 4.78 is 0. The van der Waals surface area contributed by atoms with Crippen LogP contribution in [0, 0.1) is 5.92 Å². The van der Waals surface area contributed by atoms with Gasteiger partial charge in [-0.15, -0.1) is 0 Å². The molecule has 0 aromatic heterocycles. The Morgan fingerprint density at radius 1 is 1.15 bits per heavy atom. The summed E-state index contributed by atoms with van der Waals surface area (Å²) in [6, 6.07) is 0. The normalized spacial score (nSPS) is 12.8. The van der Waals surface area contributed by atoms with E-state index in [9.17, 15) is 4.79 Å². The molecule has 2 heteroatoms. The molecular weight excluding hydrogens is 184 g/mol. The number of carbonyl (C=O) groups is 1. The van der Waals surface area contributed by atoms with E-state index in [1.165, 1.54) is 25.7 Å². The van der Waals surface area contributed by atoms with Crippen molar-refractivity contribution in [3.63, 3.8) is 0 Å². The van der Waals surface area contributed by atoms with Gasteiger partial charge < -0.3 is 0 Å². The quantitative estimate of drug-likeness (QED) is 0.429. The van der Waals surface area contributed by atoms with Gasteiger partial charge in [-0.3, -0.25) is 4.79 Å². The Morgan fingerprint density at radius 3 is 2.23 bits per heavy atom. The van der Waals surface area contributed by atoms with Crippen molar-refractivity contribution >= 4 is 16.8 Å². The van der Waals surface area contributed by atoms with Gasteiger partial charge >= 0.3 is 0 Å². The predicted octanol–water partition coefficient (Wildman–Crippen LogP) is 4.14. The monoisotopic (exact) mass is 204 g/mol. The molecule has 0 spiro atoms. The maximum absolute atomic E-state index is 10.9. The molecule has 78 valence electrons. The number of halogens is 1. The molecular formula is C11H21ClO. The Labute approximate surface area is 86.9 Å². The smallest absolute Gasteiger partial charge is 0.224 e. The van der Waals surface area contributed by atoms with E-state index in [2.05, 4.69) is 6.92 Å². The molecule has 0 heterocycles. The standard InChI is InChI=1S/C11H21ClO/c1-3-5-6-7-8-9-10(4-2)11(12)13/h10H,3-9H2,1-2H3/t10-/m0/s1. The highest BCUT2D eigenvalue weighted by Gasteiger charge is 2.12. The summed E-state index contributed by atoms with van der Waals surface area (Å²) >= 11 is 5.45. The SMILES string of the molecule is CCCCCCC[C@H](CC)C(=O)Cl. The van der Waals surface area contributed by atoms with Crippen LogP contribution in [0.25, 0.3) is 0 Å². The van der Waals surface area contributed by atoms with Crippen LogP contribution in [0.3, 0.4) is 0 Å². The lowest BCUT2D eigenvalue weighted by molar-refractivity contribution is -0.115. The van der Waals surface area contributed by atoms with Crippen LogP contribution < -0.4 is 0 Å². The molecule has 0 aromatic carbocycles. The van der Waals surface area contributed by atoms with Crippen LogP contribution in [0.1, 0.15) is 58.8 Å². The van der Waals surface area contributed by atoms with Gasteiger partial charge in [0.2, 0.25) is 5.24 Å². The van der Waals surface area contributed by atoms with Gasteiger partial charge in [0.05, 0.1) is 0 Å². The molecule has 0 aliphatic rings. The van der Waals surface area contributed by atoms with Crippen LogP contribution in [0.5, 0.6) is 0 Å². The molecule has 0 bridgehead atoms. The Kier molecular flexibility index (Phi) is 8.53. The van der Waals surface area contributed by atoms with E-state index in [4.69, 9.17) is 11.6 Å². The zero-order chi connectivity index (χ0) is 10.1. The van der Waals surface area contributed by atoms with Crippen LogP contribution in [-0.4, -0.2) is 5.24 Å². The molecule has 1 atom stereocenters. The topological polar surface area (TPSA) is 17.1 Å². The van der Waals surface area contributed by atoms with Gasteiger partial charge in [0, 0.05) is 5.92 Å². The van der Waals surface area contributed by atoms with Gasteiger partial charge in [-0.25, -0.2) is 0 Å². The minimum Gasteiger partial charge on any atom is -0.281 e. The molecule has 1 nitrogen and oxygen atoms in total. The summed E-state index contributed by atoms with van der Waals surface area (Å²) in [6.07, 6.45) is 8.13. The fraction of sp³-hybridized carbons (Fsp3) is 0.909. The Balaban J connectivity index is 3.33. The number of hydrogen-bond donors (Lipinski definition) is 0. The third kappa shape index (κ3) is 7.06. The van der Waals surface area contributed by atoms with Gasteiger partial charge in [0.25, 0.3) is 0 Å². The van der Waals surface area contributed by atoms with E-state index in [-0.39, 0.29) is 11.2 Å². The lowest BCUT2D eigenvalue weighted by Gasteiger charge is -2.08. The summed E-state index contributed by atoms with van der Waals surface area (Å²) in [4.78, 5) is 10.9. The average molecular weight is 205 g/mol. The van der Waals surface area contributed by atoms with Crippen LogP contribution in [0.15, 0.2) is 0 Å². The summed E-state index contributed by atoms with van der Waals surface area (Å²) in [5.74, 6) is 0.100. The highest BCUT2D eigenvalue weighted by atomic mass is 35.5. The fourth-order valence-corrected chi connectivity index (χ4v) is 1.74. The maximum atomic E-state index is 10.9. The number of carbonyl (C=O) groups excluding carboxylic acids is 1. The molecule has 0 amide bonds. The van der Waals surface area contributed by atoms with Crippen molar-refractivity contribution in [1.29, 1.82) is 0 Å². The molecule has 0 aliphatic heterocycles. The Morgan fingerprint density at radius 2 is 1.77 bits per heavy atom. The van der Waals surface area contributed by atoms with Crippen LogP contribution in [0.4, 0.5) is 0 Å². The Bertz CT molecular complexity index is 134. The molecule has 0 unspecified atom stereocenters. The molecule has 0 rings (SSSR count). The fourth-order valence-electron chi connectivity index (χ4n) is 1.47. The molecule has 0 aliphatic carbocycles. The Hall–Kier alpha value is -0.0400. The number of hydrogen-bond acceptors (Lipinski definition) is 1. The molecule has 0 fully saturated rings. The molecule has 13 heavy (non-hydrogen) atoms. The molecule has 0 saturated carbocycles. The molecule has 0 saturated heterocycles. The predicted molar refractivity (Wildman–Crippen MR) is 58.0 cm³/mol. The molecule has 0 N–H and O–H groups in total. The van der Waals surface area contributed by atoms with Crippen LogP contribution in [0.2, 0.25) is 0 Å². The van der Waals surface area contributed by atoms with E-state index in [0.29, 0.717) is 0 Å². The summed E-state index contributed by atoms with van der Waals surface area (Å²) in [5.41, 5.74) is 0. The van der Waals surface area contributed by atoms with Gasteiger partial charge in [0.15, 0.2) is 0 Å². The first-order chi connectivity index (χ1) is 6.22. The second-order valence-corrected chi connectivity index (χ2v) is 3.98. The lowest BCUT2D eigenvalue weighted by atomic mass is 9.99. The lowest BCUT2D eigenvalue weighted by Crippen LogP contribution is -2.06. The van der Waals surface area contributed by atoms with Crippen molar-refractivity contribution in [1.82, 2.24) is 0 Å². The summed E-state index contributed by atoms with van der Waals surface area (Å²) in [5, 5.41) is -0.155. The van der Waals surface area contributed by atoms with Crippen molar-refractivity contribution in [3.05, 3.63) is 0 Å². The van der Waals surface area contributed by atoms with Crippen molar-refractivity contribution in [2.24, 2.45) is 5.92 Å². The largest absolute Gasteiger partial charge is 0.281 e. The van der Waals surface area contributed by atoms with Gasteiger partial charge in [0.1, 0.15) is 0 Å². The van der Waals surface area contributed by atoms with Crippen molar-refractivity contribution < 1.29 is 4.79 Å². The third-order valence-electron chi connectivity index (χ3n) is 2.47. The van der Waals surface area contributed by atoms with E-state index in [1.807, 2.05) is 6.92 Å². The minimum atomic E-state index is -0.155. The number of rotatable bonds is 8. The van der Waals surface area contributed by atoms with E-state index < -0.39 is 0 Å². The highest BCUT2D eigenvalue weighted by molar-refractivity contribution is 6.63. The molecule has 0 aromatic rings. The second kappa shape index (κ2) is 8.55.